The zero-order valence-corrected chi connectivity index (χ0v) is 13.3. The first kappa shape index (κ1) is 17.7. The predicted molar refractivity (Wildman–Crippen MR) is 89.8 cm³/mol. The number of rotatable bonds is 7. The molecule has 0 bridgehead atoms. The van der Waals surface area contributed by atoms with Crippen molar-refractivity contribution in [1.29, 1.82) is 0 Å². The number of methoxy groups -OCH3 is 1. The van der Waals surface area contributed by atoms with E-state index in [0.29, 0.717) is 11.4 Å². The van der Waals surface area contributed by atoms with E-state index in [-0.39, 0.29) is 17.8 Å². The highest BCUT2D eigenvalue weighted by Crippen LogP contribution is 2.19. The maximum atomic E-state index is 11.7. The fourth-order valence-corrected chi connectivity index (χ4v) is 1.88. The fourth-order valence-electron chi connectivity index (χ4n) is 1.88. The van der Waals surface area contributed by atoms with E-state index in [4.69, 9.17) is 4.74 Å². The van der Waals surface area contributed by atoms with Crippen LogP contribution in [0.3, 0.4) is 0 Å². The van der Waals surface area contributed by atoms with Gasteiger partial charge in [-0.25, -0.2) is 5.43 Å². The van der Waals surface area contributed by atoms with Crippen molar-refractivity contribution in [2.45, 2.75) is 0 Å². The van der Waals surface area contributed by atoms with Gasteiger partial charge in [0.05, 0.1) is 24.8 Å². The van der Waals surface area contributed by atoms with Gasteiger partial charge in [-0.05, 0) is 17.7 Å². The Morgan fingerprint density at radius 3 is 2.84 bits per heavy atom. The lowest BCUT2D eigenvalue weighted by atomic mass is 10.2. The molecule has 0 atom stereocenters. The lowest BCUT2D eigenvalue weighted by Crippen LogP contribution is -2.25. The van der Waals surface area contributed by atoms with Crippen LogP contribution in [0.25, 0.3) is 0 Å². The second-order valence-electron chi connectivity index (χ2n) is 4.86. The van der Waals surface area contributed by atoms with Crippen LogP contribution in [0.2, 0.25) is 0 Å². The summed E-state index contributed by atoms with van der Waals surface area (Å²) in [5.41, 5.74) is 2.71. The van der Waals surface area contributed by atoms with Crippen LogP contribution < -0.4 is 20.6 Å². The van der Waals surface area contributed by atoms with Crippen molar-refractivity contribution in [3.8, 4) is 11.5 Å². The number of carbonyl (C=O) groups excluding carboxylic acids is 1. The lowest BCUT2D eigenvalue weighted by Gasteiger charge is -2.09. The number of nitrogens with zero attached hydrogens (tertiary/aromatic N) is 2. The minimum atomic E-state index is -0.618. The molecule has 130 valence electrons. The molecule has 0 aliphatic heterocycles. The summed E-state index contributed by atoms with van der Waals surface area (Å²) in [7, 11) is 1.54. The smallest absolute Gasteiger partial charge is 0.270 e. The molecular formula is C16H15N4O5-. The molecule has 2 aromatic rings. The summed E-state index contributed by atoms with van der Waals surface area (Å²) in [6.45, 7) is -0.0519. The van der Waals surface area contributed by atoms with Crippen molar-refractivity contribution in [1.82, 2.24) is 5.43 Å². The molecule has 0 radical (unpaired) electrons. The number of amides is 1. The van der Waals surface area contributed by atoms with E-state index in [1.165, 1.54) is 0 Å². The highest BCUT2D eigenvalue weighted by Gasteiger charge is 2.05. The molecule has 0 aliphatic rings. The van der Waals surface area contributed by atoms with Gasteiger partial charge >= 0.3 is 0 Å². The number of anilines is 1. The van der Waals surface area contributed by atoms with Crippen molar-refractivity contribution in [2.24, 2.45) is 5.10 Å². The highest BCUT2D eigenvalue weighted by molar-refractivity contribution is 5.86. The average Bonchev–Trinajstić information content (AvgIpc) is 2.61. The molecule has 25 heavy (non-hydrogen) atoms. The summed E-state index contributed by atoms with van der Waals surface area (Å²) < 4.78 is 5.07. The van der Waals surface area contributed by atoms with E-state index in [2.05, 4.69) is 15.8 Å². The van der Waals surface area contributed by atoms with E-state index < -0.39 is 16.6 Å². The molecule has 2 N–H and O–H groups in total. The molecule has 0 saturated carbocycles. The molecule has 9 heteroatoms. The number of benzene rings is 2. The molecule has 0 fully saturated rings. The number of nitrogens with one attached hydrogen (secondary N) is 2. The second-order valence-corrected chi connectivity index (χ2v) is 4.86. The quantitative estimate of drug-likeness (QED) is 0.442. The topological polar surface area (TPSA) is 129 Å². The minimum absolute atomic E-state index is 0.00950. The Balaban J connectivity index is 1.90. The van der Waals surface area contributed by atoms with Crippen molar-refractivity contribution in [3.05, 3.63) is 58.1 Å². The first-order valence-corrected chi connectivity index (χ1v) is 7.15. The van der Waals surface area contributed by atoms with Gasteiger partial charge in [0, 0.05) is 23.9 Å². The molecule has 0 unspecified atom stereocenters. The van der Waals surface area contributed by atoms with Gasteiger partial charge in [0.1, 0.15) is 5.75 Å². The van der Waals surface area contributed by atoms with Gasteiger partial charge in [-0.15, -0.1) is 0 Å². The number of hydrogen-bond donors (Lipinski definition) is 2. The van der Waals surface area contributed by atoms with E-state index in [9.17, 15) is 20.0 Å². The number of nitro groups is 1. The Morgan fingerprint density at radius 1 is 1.32 bits per heavy atom. The molecule has 0 heterocycles. The molecule has 9 nitrogen and oxygen atoms in total. The first-order valence-electron chi connectivity index (χ1n) is 7.15. The first-order chi connectivity index (χ1) is 12.0. The number of ether oxygens (including phenoxy) is 1. The summed E-state index contributed by atoms with van der Waals surface area (Å²) in [6.07, 6.45) is 1.07. The summed E-state index contributed by atoms with van der Waals surface area (Å²) in [6, 6.07) is 10.3. The van der Waals surface area contributed by atoms with E-state index >= 15 is 0 Å². The van der Waals surface area contributed by atoms with Gasteiger partial charge in [0.2, 0.25) is 0 Å². The average molecular weight is 343 g/mol. The third-order valence-corrected chi connectivity index (χ3v) is 3.12. The van der Waals surface area contributed by atoms with Gasteiger partial charge in [0.25, 0.3) is 11.6 Å². The van der Waals surface area contributed by atoms with E-state index in [1.807, 2.05) is 0 Å². The molecule has 0 aromatic heterocycles. The van der Waals surface area contributed by atoms with Crippen LogP contribution in [-0.2, 0) is 4.79 Å². The molecule has 1 amide bonds. The summed E-state index contributed by atoms with van der Waals surface area (Å²) >= 11 is 0. The van der Waals surface area contributed by atoms with Crippen LogP contribution in [0.15, 0.2) is 47.6 Å². The number of hydrazone groups is 1. The molecule has 2 aromatic carbocycles. The maximum absolute atomic E-state index is 11.7. The summed E-state index contributed by atoms with van der Waals surface area (Å²) in [5, 5.41) is 28.8. The third kappa shape index (κ3) is 5.20. The number of carbonyl (C=O) groups is 1. The van der Waals surface area contributed by atoms with Crippen LogP contribution >= 0.6 is 0 Å². The Hall–Kier alpha value is -3.62. The number of hydrogen-bond acceptors (Lipinski definition) is 7. The van der Waals surface area contributed by atoms with Gasteiger partial charge in [-0.1, -0.05) is 17.9 Å². The zero-order chi connectivity index (χ0) is 18.2. The van der Waals surface area contributed by atoms with Crippen molar-refractivity contribution < 1.29 is 19.6 Å². The Bertz CT molecular complexity index is 807. The zero-order valence-electron chi connectivity index (χ0n) is 13.3. The molecule has 0 spiro atoms. The van der Waals surface area contributed by atoms with E-state index in [0.717, 1.165) is 24.4 Å². The van der Waals surface area contributed by atoms with Gasteiger partial charge in [0.15, 0.2) is 0 Å². The minimum Gasteiger partial charge on any atom is -0.872 e. The molecule has 0 aliphatic carbocycles. The standard InChI is InChI=1S/C16H16N4O5/c1-25-14-4-2-3-12(8-14)17-10-16(22)19-18-9-11-7-13(20(23)24)5-6-15(11)21/h2-9,17,21H,10H2,1H3,(H,19,22)/p-1/b18-9-. The molecule has 2 rings (SSSR count). The number of non-ortho nitro benzene ring substituents is 1. The van der Waals surface area contributed by atoms with E-state index in [1.54, 1.807) is 31.4 Å². The second kappa shape index (κ2) is 8.29. The van der Waals surface area contributed by atoms with Crippen molar-refractivity contribution in [2.75, 3.05) is 19.0 Å². The molecule has 0 saturated heterocycles. The Morgan fingerprint density at radius 2 is 2.12 bits per heavy atom. The summed E-state index contributed by atoms with van der Waals surface area (Å²) in [4.78, 5) is 21.8. The van der Waals surface area contributed by atoms with Crippen LogP contribution in [0, 0.1) is 10.1 Å². The van der Waals surface area contributed by atoms with Crippen molar-refractivity contribution >= 4 is 23.5 Å². The van der Waals surface area contributed by atoms with Gasteiger partial charge in [-0.3, -0.25) is 14.9 Å². The Labute approximate surface area is 143 Å². The third-order valence-electron chi connectivity index (χ3n) is 3.12. The monoisotopic (exact) mass is 343 g/mol. The fraction of sp³-hybridized carbons (Fsp3) is 0.125. The maximum Gasteiger partial charge on any atom is 0.270 e. The van der Waals surface area contributed by atoms with Gasteiger partial charge in [-0.2, -0.15) is 5.10 Å². The SMILES string of the molecule is COc1cccc(NCC(=O)N/N=C\c2cc([N+](=O)[O-])ccc2[O-])c1. The van der Waals surface area contributed by atoms with Crippen molar-refractivity contribution in [3.63, 3.8) is 0 Å². The van der Waals surface area contributed by atoms with Crippen LogP contribution in [0.4, 0.5) is 11.4 Å². The Kier molecular flexibility index (Phi) is 5.88. The molecular weight excluding hydrogens is 328 g/mol. The van der Waals surface area contributed by atoms with Crippen LogP contribution in [0.1, 0.15) is 5.56 Å². The van der Waals surface area contributed by atoms with Gasteiger partial charge < -0.3 is 15.2 Å². The largest absolute Gasteiger partial charge is 0.872 e. The predicted octanol–water partition coefficient (Wildman–Crippen LogP) is 1.24. The highest BCUT2D eigenvalue weighted by atomic mass is 16.6. The van der Waals surface area contributed by atoms with Crippen LogP contribution in [-0.4, -0.2) is 30.7 Å². The normalized spacial score (nSPS) is 10.4. The summed E-state index contributed by atoms with van der Waals surface area (Å²) in [5.74, 6) is -0.230. The van der Waals surface area contributed by atoms with Crippen LogP contribution in [0.5, 0.6) is 11.5 Å². The lowest BCUT2D eigenvalue weighted by molar-refractivity contribution is -0.385. The number of nitro benzene ring substituents is 1.